The summed E-state index contributed by atoms with van der Waals surface area (Å²) in [7, 11) is 0. The van der Waals surface area contributed by atoms with E-state index in [0.29, 0.717) is 0 Å². The first kappa shape index (κ1) is 17.2. The Morgan fingerprint density at radius 1 is 0.741 bits per heavy atom. The first-order chi connectivity index (χ1) is 13.2. The number of ether oxygens (including phenoxy) is 1. The third-order valence-electron chi connectivity index (χ3n) is 4.89. The second kappa shape index (κ2) is 7.59. The van der Waals surface area contributed by atoms with E-state index in [9.17, 15) is 0 Å². The average molecular weight is 351 g/mol. The Kier molecular flexibility index (Phi) is 4.84. The van der Waals surface area contributed by atoms with Gasteiger partial charge in [-0.15, -0.1) is 0 Å². The van der Waals surface area contributed by atoms with E-state index in [1.54, 1.807) is 0 Å². The van der Waals surface area contributed by atoms with Gasteiger partial charge >= 0.3 is 6.85 Å². The van der Waals surface area contributed by atoms with Gasteiger partial charge in [-0.1, -0.05) is 60.1 Å². The van der Waals surface area contributed by atoms with Gasteiger partial charge in [-0.3, -0.25) is 0 Å². The van der Waals surface area contributed by atoms with Crippen LogP contribution in [0, 0.1) is 6.92 Å². The fourth-order valence-corrected chi connectivity index (χ4v) is 3.51. The van der Waals surface area contributed by atoms with Crippen molar-refractivity contribution in [2.45, 2.75) is 13.8 Å². The smallest absolute Gasteiger partial charge is 0.320 e. The first-order valence-corrected chi connectivity index (χ1v) is 9.25. The summed E-state index contributed by atoms with van der Waals surface area (Å²) < 4.78 is 5.93. The molecule has 0 amide bonds. The van der Waals surface area contributed by atoms with E-state index >= 15 is 0 Å². The zero-order chi connectivity index (χ0) is 18.6. The van der Waals surface area contributed by atoms with Crippen LogP contribution in [0.4, 0.5) is 5.69 Å². The third kappa shape index (κ3) is 3.68. The number of rotatable bonds is 4. The molecule has 0 spiro atoms. The van der Waals surface area contributed by atoms with Gasteiger partial charge < -0.3 is 9.55 Å². The van der Waals surface area contributed by atoms with Crippen molar-refractivity contribution in [1.29, 1.82) is 0 Å². The first-order valence-electron chi connectivity index (χ1n) is 9.25. The summed E-state index contributed by atoms with van der Waals surface area (Å²) in [5, 5.41) is 0. The van der Waals surface area contributed by atoms with E-state index in [1.165, 1.54) is 16.7 Å². The van der Waals surface area contributed by atoms with Crippen molar-refractivity contribution in [2.24, 2.45) is 0 Å². The van der Waals surface area contributed by atoms with E-state index in [4.69, 9.17) is 4.74 Å². The summed E-state index contributed by atoms with van der Waals surface area (Å²) in [4.78, 5) is 2.37. The molecule has 3 heteroatoms. The minimum atomic E-state index is 0.192. The van der Waals surface area contributed by atoms with Crippen LogP contribution in [0.2, 0.25) is 0 Å². The van der Waals surface area contributed by atoms with Crippen molar-refractivity contribution >= 4 is 18.0 Å². The van der Waals surface area contributed by atoms with Crippen LogP contribution in [-0.4, -0.2) is 6.85 Å². The molecule has 0 atom stereocenters. The van der Waals surface area contributed by atoms with Gasteiger partial charge in [0, 0.05) is 11.4 Å². The maximum atomic E-state index is 5.93. The second-order valence-corrected chi connectivity index (χ2v) is 6.77. The summed E-state index contributed by atoms with van der Waals surface area (Å²) in [6, 6.07) is 26.8. The fraction of sp³-hybridized carbons (Fsp3) is 0.0833. The Morgan fingerprint density at radius 2 is 1.41 bits per heavy atom. The van der Waals surface area contributed by atoms with Gasteiger partial charge in [-0.25, -0.2) is 0 Å². The normalized spacial score (nSPS) is 13.5. The van der Waals surface area contributed by atoms with Crippen LogP contribution in [-0.2, 0) is 0 Å². The second-order valence-electron chi connectivity index (χ2n) is 6.77. The largest absolute Gasteiger partial charge is 0.457 e. The fourth-order valence-electron chi connectivity index (χ4n) is 3.51. The summed E-state index contributed by atoms with van der Waals surface area (Å²) >= 11 is 0. The SMILES string of the molecule is CC1=CC=CB(c2ccccc2C)N1c1ccc(Oc2ccccc2)cc1. The highest BCUT2D eigenvalue weighted by atomic mass is 16.5. The Hall–Kier alpha value is -3.20. The van der Waals surface area contributed by atoms with Crippen LogP contribution in [0.15, 0.2) is 103 Å². The van der Waals surface area contributed by atoms with E-state index in [2.05, 4.69) is 73.2 Å². The van der Waals surface area contributed by atoms with Crippen molar-refractivity contribution in [3.63, 3.8) is 0 Å². The molecule has 0 bridgehead atoms. The molecular weight excluding hydrogens is 329 g/mol. The molecule has 0 saturated carbocycles. The Balaban J connectivity index is 1.63. The average Bonchev–Trinajstić information content (AvgIpc) is 2.70. The minimum absolute atomic E-state index is 0.192. The predicted molar refractivity (Wildman–Crippen MR) is 115 cm³/mol. The standard InChI is InChI=1S/C24H22BNO/c1-19-9-6-7-13-24(19)25-18-8-10-20(2)26(25)21-14-16-23(17-15-21)27-22-11-4-3-5-12-22/h3-18H,1-2H3. The summed E-state index contributed by atoms with van der Waals surface area (Å²) in [6.07, 6.45) is 4.30. The van der Waals surface area contributed by atoms with E-state index in [0.717, 1.165) is 17.2 Å². The topological polar surface area (TPSA) is 12.5 Å². The molecule has 0 radical (unpaired) electrons. The van der Waals surface area contributed by atoms with Gasteiger partial charge in [-0.05, 0) is 61.8 Å². The van der Waals surface area contributed by atoms with Gasteiger partial charge in [0.05, 0.1) is 0 Å². The molecule has 3 aromatic carbocycles. The molecule has 1 heterocycles. The highest BCUT2D eigenvalue weighted by Crippen LogP contribution is 2.28. The zero-order valence-corrected chi connectivity index (χ0v) is 15.7. The monoisotopic (exact) mass is 351 g/mol. The van der Waals surface area contributed by atoms with Crippen molar-refractivity contribution in [3.8, 4) is 11.5 Å². The summed E-state index contributed by atoms with van der Waals surface area (Å²) in [5.74, 6) is 3.94. The minimum Gasteiger partial charge on any atom is -0.457 e. The van der Waals surface area contributed by atoms with Crippen LogP contribution < -0.4 is 15.0 Å². The lowest BCUT2D eigenvalue weighted by Crippen LogP contribution is -2.48. The number of hydrogen-bond acceptors (Lipinski definition) is 2. The van der Waals surface area contributed by atoms with Crippen LogP contribution >= 0.6 is 0 Å². The molecule has 0 aliphatic carbocycles. The van der Waals surface area contributed by atoms with Gasteiger partial charge in [0.15, 0.2) is 0 Å². The number of benzene rings is 3. The number of allylic oxidation sites excluding steroid dienone is 3. The molecule has 2 nitrogen and oxygen atoms in total. The molecule has 0 unspecified atom stereocenters. The van der Waals surface area contributed by atoms with Gasteiger partial charge in [0.25, 0.3) is 0 Å². The quantitative estimate of drug-likeness (QED) is 0.575. The number of aryl methyl sites for hydroxylation is 1. The van der Waals surface area contributed by atoms with Crippen LogP contribution in [0.25, 0.3) is 0 Å². The molecule has 3 aromatic rings. The predicted octanol–water partition coefficient (Wildman–Crippen LogP) is 5.51. The molecule has 0 aromatic heterocycles. The lowest BCUT2D eigenvalue weighted by molar-refractivity contribution is 0.483. The highest BCUT2D eigenvalue weighted by molar-refractivity contribution is 6.82. The molecule has 1 aliphatic heterocycles. The summed E-state index contributed by atoms with van der Waals surface area (Å²) in [6.45, 7) is 4.52. The Bertz CT molecular complexity index is 977. The lowest BCUT2D eigenvalue weighted by Gasteiger charge is -2.33. The molecule has 27 heavy (non-hydrogen) atoms. The van der Waals surface area contributed by atoms with Crippen molar-refractivity contribution in [1.82, 2.24) is 0 Å². The molecule has 0 fully saturated rings. The molecule has 0 N–H and O–H groups in total. The van der Waals surface area contributed by atoms with Crippen LogP contribution in [0.3, 0.4) is 0 Å². The Morgan fingerprint density at radius 3 is 2.15 bits per heavy atom. The lowest BCUT2D eigenvalue weighted by atomic mass is 9.51. The van der Waals surface area contributed by atoms with Gasteiger partial charge in [-0.2, -0.15) is 0 Å². The van der Waals surface area contributed by atoms with Gasteiger partial charge in [0.2, 0.25) is 0 Å². The summed E-state index contributed by atoms with van der Waals surface area (Å²) in [5.41, 5.74) is 5.01. The van der Waals surface area contributed by atoms with E-state index < -0.39 is 0 Å². The third-order valence-corrected chi connectivity index (χ3v) is 4.89. The van der Waals surface area contributed by atoms with Crippen molar-refractivity contribution in [2.75, 3.05) is 4.81 Å². The Labute approximate surface area is 161 Å². The molecule has 132 valence electrons. The van der Waals surface area contributed by atoms with E-state index in [1.807, 2.05) is 42.5 Å². The number of hydrogen-bond donors (Lipinski definition) is 0. The maximum Gasteiger partial charge on any atom is 0.320 e. The number of nitrogens with zero attached hydrogens (tertiary/aromatic N) is 1. The van der Waals surface area contributed by atoms with Crippen molar-refractivity contribution < 1.29 is 4.74 Å². The van der Waals surface area contributed by atoms with E-state index in [-0.39, 0.29) is 6.85 Å². The zero-order valence-electron chi connectivity index (χ0n) is 15.7. The van der Waals surface area contributed by atoms with Crippen LogP contribution in [0.5, 0.6) is 11.5 Å². The highest BCUT2D eigenvalue weighted by Gasteiger charge is 2.27. The molecule has 1 aliphatic rings. The molecule has 4 rings (SSSR count). The number of para-hydroxylation sites is 1. The maximum absolute atomic E-state index is 5.93. The number of anilines is 1. The molecule has 0 saturated heterocycles. The van der Waals surface area contributed by atoms with Crippen LogP contribution in [0.1, 0.15) is 12.5 Å². The van der Waals surface area contributed by atoms with Crippen molar-refractivity contribution in [3.05, 3.63) is 108 Å². The molecular formula is C24H22BNO. The van der Waals surface area contributed by atoms with Gasteiger partial charge in [0.1, 0.15) is 11.5 Å².